The van der Waals surface area contributed by atoms with Crippen molar-refractivity contribution in [1.82, 2.24) is 25.3 Å². The van der Waals surface area contributed by atoms with Crippen molar-refractivity contribution >= 4 is 46.4 Å². The number of thioether (sulfide) groups is 1. The van der Waals surface area contributed by atoms with Crippen LogP contribution in [0.15, 0.2) is 34.2 Å². The molecule has 0 bridgehead atoms. The van der Waals surface area contributed by atoms with Crippen LogP contribution in [-0.2, 0) is 20.9 Å². The molecule has 1 saturated heterocycles. The highest BCUT2D eigenvalue weighted by Gasteiger charge is 2.47. The van der Waals surface area contributed by atoms with Crippen molar-refractivity contribution in [2.24, 2.45) is 5.73 Å². The maximum atomic E-state index is 13.1. The second-order valence-corrected chi connectivity index (χ2v) is 9.17. The number of imide groups is 1. The topological polar surface area (TPSA) is 156 Å². The minimum atomic E-state index is -1.06. The number of rotatable bonds is 11. The van der Waals surface area contributed by atoms with Crippen LogP contribution in [0, 0.1) is 0 Å². The molecule has 1 unspecified atom stereocenters. The number of hydrogen-bond acceptors (Lipinski definition) is 7. The zero-order valence-electron chi connectivity index (χ0n) is 19.1. The second-order valence-electron chi connectivity index (χ2n) is 8.23. The molecular weight excluding hydrogens is 460 g/mol. The highest BCUT2D eigenvalue weighted by Crippen LogP contribution is 2.21. The number of nitrogens with zero attached hydrogens (tertiary/aromatic N) is 3. The van der Waals surface area contributed by atoms with Crippen LogP contribution < -0.4 is 22.0 Å². The molecule has 1 aliphatic rings. The van der Waals surface area contributed by atoms with E-state index in [-0.39, 0.29) is 23.6 Å². The second kappa shape index (κ2) is 10.7. The van der Waals surface area contributed by atoms with Crippen LogP contribution in [-0.4, -0.2) is 49.6 Å². The molecule has 11 nitrogen and oxygen atoms in total. The van der Waals surface area contributed by atoms with E-state index in [1.807, 2.05) is 0 Å². The SMILES string of the molecule is CCC1(C)NC(=O)N(NC(=O)CSc2nc3ccccc3c(=O)n2CCCCCC(N)=O)C1=O. The van der Waals surface area contributed by atoms with Gasteiger partial charge in [0.2, 0.25) is 11.8 Å². The summed E-state index contributed by atoms with van der Waals surface area (Å²) < 4.78 is 1.51. The Bertz CT molecular complexity index is 1180. The van der Waals surface area contributed by atoms with Crippen LogP contribution in [0.1, 0.15) is 46.0 Å². The van der Waals surface area contributed by atoms with Crippen LogP contribution in [0.25, 0.3) is 10.9 Å². The Morgan fingerprint density at radius 3 is 2.59 bits per heavy atom. The van der Waals surface area contributed by atoms with Gasteiger partial charge >= 0.3 is 6.03 Å². The number of unbranched alkanes of at least 4 members (excludes halogenated alkanes) is 2. The Hall–Kier alpha value is -3.41. The van der Waals surface area contributed by atoms with Gasteiger partial charge in [0.15, 0.2) is 5.16 Å². The van der Waals surface area contributed by atoms with E-state index < -0.39 is 23.4 Å². The lowest BCUT2D eigenvalue weighted by Gasteiger charge is -2.19. The molecule has 1 fully saturated rings. The van der Waals surface area contributed by atoms with Gasteiger partial charge in [0, 0.05) is 13.0 Å². The van der Waals surface area contributed by atoms with E-state index in [4.69, 9.17) is 5.73 Å². The summed E-state index contributed by atoms with van der Waals surface area (Å²) in [4.78, 5) is 65.6. The van der Waals surface area contributed by atoms with E-state index in [0.29, 0.717) is 53.3 Å². The molecule has 0 spiro atoms. The first-order valence-corrected chi connectivity index (χ1v) is 12.0. The van der Waals surface area contributed by atoms with E-state index in [1.54, 1.807) is 38.1 Å². The molecule has 0 aliphatic carbocycles. The first-order chi connectivity index (χ1) is 16.2. The molecule has 4 N–H and O–H groups in total. The Morgan fingerprint density at radius 1 is 1.18 bits per heavy atom. The van der Waals surface area contributed by atoms with Crippen LogP contribution in [0.2, 0.25) is 0 Å². The number of hydrogen-bond donors (Lipinski definition) is 3. The quantitative estimate of drug-likeness (QED) is 0.186. The van der Waals surface area contributed by atoms with Gasteiger partial charge in [-0.3, -0.25) is 29.2 Å². The molecule has 2 heterocycles. The van der Waals surface area contributed by atoms with E-state index in [2.05, 4.69) is 15.7 Å². The Balaban J connectivity index is 1.72. The molecule has 34 heavy (non-hydrogen) atoms. The predicted molar refractivity (Wildman–Crippen MR) is 127 cm³/mol. The summed E-state index contributed by atoms with van der Waals surface area (Å²) in [6.45, 7) is 3.72. The van der Waals surface area contributed by atoms with Gasteiger partial charge in [0.25, 0.3) is 11.5 Å². The van der Waals surface area contributed by atoms with Gasteiger partial charge in [0.1, 0.15) is 5.54 Å². The molecule has 1 atom stereocenters. The number of primary amides is 1. The number of carbonyl (C=O) groups is 4. The average molecular weight is 489 g/mol. The van der Waals surface area contributed by atoms with Gasteiger partial charge in [-0.25, -0.2) is 9.78 Å². The molecule has 2 aromatic rings. The number of benzene rings is 1. The van der Waals surface area contributed by atoms with Gasteiger partial charge in [-0.1, -0.05) is 37.2 Å². The number of hydrazine groups is 1. The smallest absolute Gasteiger partial charge is 0.344 e. The maximum Gasteiger partial charge on any atom is 0.344 e. The summed E-state index contributed by atoms with van der Waals surface area (Å²) in [5.41, 5.74) is 6.72. The van der Waals surface area contributed by atoms with Gasteiger partial charge < -0.3 is 11.1 Å². The summed E-state index contributed by atoms with van der Waals surface area (Å²) in [6.07, 6.45) is 2.62. The van der Waals surface area contributed by atoms with Crippen molar-refractivity contribution in [2.45, 2.75) is 63.2 Å². The number of nitrogens with one attached hydrogen (secondary N) is 2. The van der Waals surface area contributed by atoms with E-state index in [1.165, 1.54) is 4.57 Å². The number of aromatic nitrogens is 2. The first kappa shape index (κ1) is 25.2. The first-order valence-electron chi connectivity index (χ1n) is 11.0. The van der Waals surface area contributed by atoms with Gasteiger partial charge in [0.05, 0.1) is 16.7 Å². The molecular formula is C22H28N6O5S. The van der Waals surface area contributed by atoms with E-state index in [9.17, 15) is 24.0 Å². The Kier molecular flexibility index (Phi) is 7.92. The summed E-state index contributed by atoms with van der Waals surface area (Å²) in [5, 5.41) is 4.07. The molecule has 1 aromatic carbocycles. The average Bonchev–Trinajstić information content (AvgIpc) is 3.02. The monoisotopic (exact) mass is 488 g/mol. The number of fused-ring (bicyclic) bond motifs is 1. The summed E-state index contributed by atoms with van der Waals surface area (Å²) in [5.74, 6) is -1.64. The largest absolute Gasteiger partial charge is 0.370 e. The third-order valence-electron chi connectivity index (χ3n) is 5.67. The minimum Gasteiger partial charge on any atom is -0.370 e. The zero-order valence-corrected chi connectivity index (χ0v) is 19.9. The van der Waals surface area contributed by atoms with Crippen molar-refractivity contribution in [3.63, 3.8) is 0 Å². The summed E-state index contributed by atoms with van der Waals surface area (Å²) in [6, 6.07) is 6.25. The lowest BCUT2D eigenvalue weighted by molar-refractivity contribution is -0.137. The van der Waals surface area contributed by atoms with Crippen LogP contribution in [0.4, 0.5) is 4.79 Å². The standard InChI is InChI=1S/C22H28N6O5S/c1-3-22(2)19(32)28(20(33)25-22)26-17(30)13-34-21-24-15-10-7-6-9-14(15)18(31)27(21)12-8-4-5-11-16(23)29/h6-7,9-10H,3-5,8,11-13H2,1-2H3,(H2,23,29)(H,25,33)(H,26,30). The van der Waals surface area contributed by atoms with E-state index >= 15 is 0 Å². The Morgan fingerprint density at radius 2 is 1.91 bits per heavy atom. The number of carbonyl (C=O) groups excluding carboxylic acids is 4. The van der Waals surface area contributed by atoms with Gasteiger partial charge in [-0.15, -0.1) is 0 Å². The molecule has 12 heteroatoms. The fourth-order valence-corrected chi connectivity index (χ4v) is 4.33. The number of urea groups is 1. The molecule has 1 aliphatic heterocycles. The van der Waals surface area contributed by atoms with Gasteiger partial charge in [-0.2, -0.15) is 5.01 Å². The highest BCUT2D eigenvalue weighted by molar-refractivity contribution is 7.99. The van der Waals surface area contributed by atoms with E-state index in [0.717, 1.165) is 11.8 Å². The zero-order chi connectivity index (χ0) is 24.9. The van der Waals surface area contributed by atoms with Crippen molar-refractivity contribution in [2.75, 3.05) is 5.75 Å². The molecule has 0 saturated carbocycles. The number of amides is 5. The van der Waals surface area contributed by atoms with Crippen LogP contribution in [0.3, 0.4) is 0 Å². The molecule has 3 rings (SSSR count). The van der Waals surface area contributed by atoms with Crippen LogP contribution in [0.5, 0.6) is 0 Å². The fraction of sp³-hybridized carbons (Fsp3) is 0.455. The minimum absolute atomic E-state index is 0.160. The molecule has 0 radical (unpaired) electrons. The van der Waals surface area contributed by atoms with Crippen molar-refractivity contribution in [3.05, 3.63) is 34.6 Å². The van der Waals surface area contributed by atoms with Crippen LogP contribution >= 0.6 is 11.8 Å². The molecule has 5 amide bonds. The molecule has 1 aromatic heterocycles. The predicted octanol–water partition coefficient (Wildman–Crippen LogP) is 1.29. The summed E-state index contributed by atoms with van der Waals surface area (Å²) >= 11 is 1.04. The Labute approximate surface area is 200 Å². The highest BCUT2D eigenvalue weighted by atomic mass is 32.2. The maximum absolute atomic E-state index is 13.1. The third-order valence-corrected chi connectivity index (χ3v) is 6.64. The summed E-state index contributed by atoms with van der Waals surface area (Å²) in [7, 11) is 0. The lowest BCUT2D eigenvalue weighted by atomic mass is 10.00. The normalized spacial score (nSPS) is 17.8. The molecule has 182 valence electrons. The number of nitrogens with two attached hydrogens (primary N) is 1. The van der Waals surface area contributed by atoms with Crippen molar-refractivity contribution in [3.8, 4) is 0 Å². The lowest BCUT2D eigenvalue weighted by Crippen LogP contribution is -2.49. The van der Waals surface area contributed by atoms with Gasteiger partial charge in [-0.05, 0) is 38.3 Å². The van der Waals surface area contributed by atoms with Crippen molar-refractivity contribution < 1.29 is 19.2 Å². The van der Waals surface area contributed by atoms with Crippen molar-refractivity contribution in [1.29, 1.82) is 0 Å². The number of para-hydroxylation sites is 1. The fourth-order valence-electron chi connectivity index (χ4n) is 3.51. The third kappa shape index (κ3) is 5.56.